The van der Waals surface area contributed by atoms with Crippen LogP contribution in [0.15, 0.2) is 6.07 Å². The fourth-order valence-electron chi connectivity index (χ4n) is 1.37. The van der Waals surface area contributed by atoms with E-state index in [9.17, 15) is 4.79 Å². The Bertz CT molecular complexity index is 446. The van der Waals surface area contributed by atoms with Crippen molar-refractivity contribution >= 4 is 17.6 Å². The van der Waals surface area contributed by atoms with Crippen molar-refractivity contribution in [3.8, 4) is 0 Å². The van der Waals surface area contributed by atoms with Crippen LogP contribution in [0, 0.1) is 12.3 Å². The maximum atomic E-state index is 10.5. The van der Waals surface area contributed by atoms with E-state index >= 15 is 0 Å². The fourth-order valence-corrected chi connectivity index (χ4v) is 1.37. The van der Waals surface area contributed by atoms with E-state index in [2.05, 4.69) is 41.4 Å². The van der Waals surface area contributed by atoms with Crippen LogP contribution in [0.4, 0.5) is 11.6 Å². The molecule has 1 rings (SSSR count). The SMILES string of the molecule is CCC(C)(C)CNc1cc(NCC(=O)O)nc(C)n1. The maximum Gasteiger partial charge on any atom is 0.322 e. The molecule has 106 valence electrons. The van der Waals surface area contributed by atoms with Crippen LogP contribution in [-0.2, 0) is 4.79 Å². The van der Waals surface area contributed by atoms with Crippen LogP contribution in [0.5, 0.6) is 0 Å². The van der Waals surface area contributed by atoms with Crippen molar-refractivity contribution in [1.82, 2.24) is 9.97 Å². The lowest BCUT2D eigenvalue weighted by Gasteiger charge is -2.23. The van der Waals surface area contributed by atoms with Crippen LogP contribution in [0.1, 0.15) is 33.0 Å². The third kappa shape index (κ3) is 5.54. The van der Waals surface area contributed by atoms with Crippen molar-refractivity contribution in [1.29, 1.82) is 0 Å². The van der Waals surface area contributed by atoms with E-state index in [0.29, 0.717) is 17.5 Å². The molecule has 0 saturated heterocycles. The lowest BCUT2D eigenvalue weighted by Crippen LogP contribution is -2.23. The number of nitrogens with zero attached hydrogens (tertiary/aromatic N) is 2. The Morgan fingerprint density at radius 2 is 1.89 bits per heavy atom. The molecule has 0 fully saturated rings. The molecule has 1 heterocycles. The summed E-state index contributed by atoms with van der Waals surface area (Å²) in [4.78, 5) is 19.0. The summed E-state index contributed by atoms with van der Waals surface area (Å²) >= 11 is 0. The van der Waals surface area contributed by atoms with Crippen LogP contribution in [-0.4, -0.2) is 34.1 Å². The highest BCUT2D eigenvalue weighted by Gasteiger charge is 2.15. The van der Waals surface area contributed by atoms with Crippen molar-refractivity contribution in [3.63, 3.8) is 0 Å². The highest BCUT2D eigenvalue weighted by molar-refractivity contribution is 5.72. The summed E-state index contributed by atoms with van der Waals surface area (Å²) < 4.78 is 0. The first-order valence-electron chi connectivity index (χ1n) is 6.37. The van der Waals surface area contributed by atoms with Gasteiger partial charge in [-0.05, 0) is 18.8 Å². The van der Waals surface area contributed by atoms with Gasteiger partial charge in [0.2, 0.25) is 0 Å². The minimum atomic E-state index is -0.919. The van der Waals surface area contributed by atoms with Crippen molar-refractivity contribution < 1.29 is 9.90 Å². The van der Waals surface area contributed by atoms with Gasteiger partial charge in [-0.2, -0.15) is 0 Å². The number of aryl methyl sites for hydroxylation is 1. The van der Waals surface area contributed by atoms with Crippen molar-refractivity contribution in [2.24, 2.45) is 5.41 Å². The molecule has 0 aromatic carbocycles. The van der Waals surface area contributed by atoms with Crippen LogP contribution < -0.4 is 10.6 Å². The number of rotatable bonds is 7. The first-order valence-corrected chi connectivity index (χ1v) is 6.37. The van der Waals surface area contributed by atoms with Crippen molar-refractivity contribution in [3.05, 3.63) is 11.9 Å². The van der Waals surface area contributed by atoms with Gasteiger partial charge in [0.1, 0.15) is 24.0 Å². The Kier molecular flexibility index (Phi) is 5.09. The van der Waals surface area contributed by atoms with E-state index in [4.69, 9.17) is 5.11 Å². The van der Waals surface area contributed by atoms with E-state index in [-0.39, 0.29) is 12.0 Å². The summed E-state index contributed by atoms with van der Waals surface area (Å²) in [7, 11) is 0. The molecule has 3 N–H and O–H groups in total. The number of nitrogens with one attached hydrogen (secondary N) is 2. The van der Waals surface area contributed by atoms with Gasteiger partial charge in [-0.1, -0.05) is 20.8 Å². The van der Waals surface area contributed by atoms with Crippen molar-refractivity contribution in [2.45, 2.75) is 34.1 Å². The summed E-state index contributed by atoms with van der Waals surface area (Å²) in [6.45, 7) is 8.93. The molecule has 19 heavy (non-hydrogen) atoms. The topological polar surface area (TPSA) is 87.1 Å². The van der Waals surface area contributed by atoms with Gasteiger partial charge in [0.15, 0.2) is 0 Å². The van der Waals surface area contributed by atoms with E-state index < -0.39 is 5.97 Å². The van der Waals surface area contributed by atoms with Crippen LogP contribution in [0.25, 0.3) is 0 Å². The molecule has 1 aromatic rings. The van der Waals surface area contributed by atoms with E-state index in [0.717, 1.165) is 13.0 Å². The Hall–Kier alpha value is -1.85. The Morgan fingerprint density at radius 3 is 2.42 bits per heavy atom. The number of anilines is 2. The average molecular weight is 266 g/mol. The predicted molar refractivity (Wildman–Crippen MR) is 75.5 cm³/mol. The third-order valence-corrected chi connectivity index (χ3v) is 2.96. The van der Waals surface area contributed by atoms with Crippen LogP contribution >= 0.6 is 0 Å². The van der Waals surface area contributed by atoms with Gasteiger partial charge in [-0.25, -0.2) is 9.97 Å². The van der Waals surface area contributed by atoms with Gasteiger partial charge in [-0.15, -0.1) is 0 Å². The number of hydrogen-bond donors (Lipinski definition) is 3. The molecule has 0 amide bonds. The molecular weight excluding hydrogens is 244 g/mol. The molecule has 0 saturated carbocycles. The average Bonchev–Trinajstić information content (AvgIpc) is 2.34. The lowest BCUT2D eigenvalue weighted by atomic mass is 9.90. The van der Waals surface area contributed by atoms with Gasteiger partial charge in [0.25, 0.3) is 0 Å². The second-order valence-electron chi connectivity index (χ2n) is 5.30. The smallest absolute Gasteiger partial charge is 0.322 e. The molecule has 6 nitrogen and oxygen atoms in total. The standard InChI is InChI=1S/C13H22N4O2/c1-5-13(3,4)8-15-11-6-10(14-7-12(18)19)16-9(2)17-11/h6H,5,7-8H2,1-4H3,(H,18,19)(H2,14,15,16,17). The zero-order chi connectivity index (χ0) is 14.5. The Balaban J connectivity index is 2.71. The number of aliphatic carboxylic acids is 1. The molecule has 0 radical (unpaired) electrons. The lowest BCUT2D eigenvalue weighted by molar-refractivity contribution is -0.134. The second-order valence-corrected chi connectivity index (χ2v) is 5.30. The number of carbonyl (C=O) groups is 1. The highest BCUT2D eigenvalue weighted by Crippen LogP contribution is 2.20. The molecule has 0 atom stereocenters. The maximum absolute atomic E-state index is 10.5. The summed E-state index contributed by atoms with van der Waals surface area (Å²) in [5.74, 6) is 0.915. The van der Waals surface area contributed by atoms with Crippen molar-refractivity contribution in [2.75, 3.05) is 23.7 Å². The van der Waals surface area contributed by atoms with Gasteiger partial charge >= 0.3 is 5.97 Å². The zero-order valence-corrected chi connectivity index (χ0v) is 11.9. The van der Waals surface area contributed by atoms with E-state index in [1.54, 1.807) is 13.0 Å². The monoisotopic (exact) mass is 266 g/mol. The Labute approximate surface area is 113 Å². The normalized spacial score (nSPS) is 11.2. The molecule has 6 heteroatoms. The third-order valence-electron chi connectivity index (χ3n) is 2.96. The van der Waals surface area contributed by atoms with Gasteiger partial charge < -0.3 is 15.7 Å². The predicted octanol–water partition coefficient (Wildman–Crippen LogP) is 2.13. The van der Waals surface area contributed by atoms with E-state index in [1.165, 1.54) is 0 Å². The Morgan fingerprint density at radius 1 is 1.32 bits per heavy atom. The molecule has 0 unspecified atom stereocenters. The van der Waals surface area contributed by atoms with Gasteiger partial charge in [-0.3, -0.25) is 4.79 Å². The summed E-state index contributed by atoms with van der Waals surface area (Å²) in [5.41, 5.74) is 0.188. The number of carboxylic acids is 1. The van der Waals surface area contributed by atoms with E-state index in [1.807, 2.05) is 0 Å². The molecule has 0 spiro atoms. The molecule has 1 aromatic heterocycles. The molecule has 0 aliphatic carbocycles. The first kappa shape index (κ1) is 15.2. The van der Waals surface area contributed by atoms with Crippen LogP contribution in [0.3, 0.4) is 0 Å². The molecular formula is C13H22N4O2. The van der Waals surface area contributed by atoms with Gasteiger partial charge in [0.05, 0.1) is 0 Å². The quantitative estimate of drug-likeness (QED) is 0.701. The highest BCUT2D eigenvalue weighted by atomic mass is 16.4. The minimum Gasteiger partial charge on any atom is -0.480 e. The zero-order valence-electron chi connectivity index (χ0n) is 11.9. The number of hydrogen-bond acceptors (Lipinski definition) is 5. The fraction of sp³-hybridized carbons (Fsp3) is 0.615. The summed E-state index contributed by atoms with van der Waals surface area (Å²) in [6, 6.07) is 1.72. The summed E-state index contributed by atoms with van der Waals surface area (Å²) in [5, 5.41) is 14.6. The van der Waals surface area contributed by atoms with Gasteiger partial charge in [0, 0.05) is 12.6 Å². The number of carboxylic acid groups (broad SMARTS) is 1. The largest absolute Gasteiger partial charge is 0.480 e. The first-order chi connectivity index (χ1) is 8.82. The van der Waals surface area contributed by atoms with Crippen LogP contribution in [0.2, 0.25) is 0 Å². The summed E-state index contributed by atoms with van der Waals surface area (Å²) in [6.07, 6.45) is 1.06. The molecule has 0 bridgehead atoms. The number of aromatic nitrogens is 2. The minimum absolute atomic E-state index is 0.156. The molecule has 0 aliphatic rings. The molecule has 0 aliphatic heterocycles. The second kappa shape index (κ2) is 6.36.